The Kier molecular flexibility index (Phi) is 3.04. The van der Waals surface area contributed by atoms with Crippen LogP contribution < -0.4 is 5.73 Å². The third-order valence-corrected chi connectivity index (χ3v) is 2.19. The molecule has 0 aliphatic heterocycles. The molecule has 0 aliphatic rings. The van der Waals surface area contributed by atoms with E-state index in [1.54, 1.807) is 13.0 Å². The predicted molar refractivity (Wildman–Crippen MR) is 56.5 cm³/mol. The fourth-order valence-electron chi connectivity index (χ4n) is 1.37. The van der Waals surface area contributed by atoms with E-state index in [-0.39, 0.29) is 0 Å². The molecule has 15 heavy (non-hydrogen) atoms. The Morgan fingerprint density at radius 2 is 2.00 bits per heavy atom. The molecule has 1 aromatic rings. The number of nitrogens with two attached hydrogens (primary N) is 1. The number of carbonyl (C=O) groups is 1. The van der Waals surface area contributed by atoms with Crippen molar-refractivity contribution in [2.75, 3.05) is 12.3 Å². The van der Waals surface area contributed by atoms with Gasteiger partial charge in [0.1, 0.15) is 0 Å². The van der Waals surface area contributed by atoms with Crippen molar-refractivity contribution in [3.05, 3.63) is 38.9 Å². The number of nitro groups is 1. The van der Waals surface area contributed by atoms with Crippen LogP contribution in [0.15, 0.2) is 12.1 Å². The Bertz CT molecular complexity index is 427. The molecule has 0 bridgehead atoms. The van der Waals surface area contributed by atoms with Crippen molar-refractivity contribution in [2.45, 2.75) is 13.8 Å². The van der Waals surface area contributed by atoms with E-state index in [4.69, 9.17) is 5.73 Å². The molecule has 0 amide bonds. The number of benzene rings is 1. The van der Waals surface area contributed by atoms with Gasteiger partial charge in [0.2, 0.25) is 5.78 Å². The summed E-state index contributed by atoms with van der Waals surface area (Å²) in [5.74, 6) is -0.510. The number of anilines is 1. The maximum Gasteiger partial charge on any atom is 0.265 e. The van der Waals surface area contributed by atoms with Crippen LogP contribution in [0.5, 0.6) is 0 Å². The quantitative estimate of drug-likeness (QED) is 0.351. The summed E-state index contributed by atoms with van der Waals surface area (Å²) < 4.78 is 0. The molecule has 0 aliphatic carbocycles. The van der Waals surface area contributed by atoms with E-state index in [0.29, 0.717) is 16.8 Å². The number of hydrogen-bond acceptors (Lipinski definition) is 4. The average Bonchev–Trinajstić information content (AvgIpc) is 2.09. The lowest BCUT2D eigenvalue weighted by Crippen LogP contribution is -2.15. The first kappa shape index (κ1) is 11.2. The molecule has 0 spiro atoms. The van der Waals surface area contributed by atoms with Crippen molar-refractivity contribution in [1.82, 2.24) is 0 Å². The fraction of sp³-hybridized carbons (Fsp3) is 0.300. The molecule has 0 fully saturated rings. The summed E-state index contributed by atoms with van der Waals surface area (Å²) in [6, 6.07) is 3.25. The van der Waals surface area contributed by atoms with Crippen molar-refractivity contribution in [3.63, 3.8) is 0 Å². The lowest BCUT2D eigenvalue weighted by molar-refractivity contribution is -0.465. The minimum atomic E-state index is -0.691. The van der Waals surface area contributed by atoms with Crippen LogP contribution in [-0.4, -0.2) is 17.3 Å². The Hall–Kier alpha value is -1.91. The molecule has 0 saturated carbocycles. The number of nitrogens with zero attached hydrogens (tertiary/aromatic N) is 1. The molecule has 0 aromatic heterocycles. The summed E-state index contributed by atoms with van der Waals surface area (Å²) in [4.78, 5) is 21.0. The fourth-order valence-corrected chi connectivity index (χ4v) is 1.37. The molecule has 1 rings (SSSR count). The first-order chi connectivity index (χ1) is 6.91. The van der Waals surface area contributed by atoms with Gasteiger partial charge in [0.25, 0.3) is 6.54 Å². The molecule has 5 heteroatoms. The first-order valence-corrected chi connectivity index (χ1v) is 4.43. The van der Waals surface area contributed by atoms with Gasteiger partial charge in [-0.1, -0.05) is 6.07 Å². The van der Waals surface area contributed by atoms with E-state index in [0.717, 1.165) is 5.56 Å². The van der Waals surface area contributed by atoms with E-state index < -0.39 is 17.3 Å². The summed E-state index contributed by atoms with van der Waals surface area (Å²) in [5, 5.41) is 10.2. The van der Waals surface area contributed by atoms with Gasteiger partial charge >= 0.3 is 0 Å². The van der Waals surface area contributed by atoms with Crippen molar-refractivity contribution in [1.29, 1.82) is 0 Å². The molecule has 5 nitrogen and oxygen atoms in total. The number of Topliss-reactive ketones (excluding diaryl/α,β-unsaturated/α-hetero) is 1. The van der Waals surface area contributed by atoms with Crippen LogP contribution in [0.3, 0.4) is 0 Å². The van der Waals surface area contributed by atoms with Crippen LogP contribution in [-0.2, 0) is 0 Å². The number of ketones is 1. The number of nitrogen functional groups attached to an aromatic ring is 1. The van der Waals surface area contributed by atoms with Gasteiger partial charge in [0.15, 0.2) is 0 Å². The topological polar surface area (TPSA) is 86.2 Å². The Labute approximate surface area is 87.0 Å². The largest absolute Gasteiger partial charge is 0.398 e. The van der Waals surface area contributed by atoms with E-state index >= 15 is 0 Å². The molecule has 2 N–H and O–H groups in total. The normalized spacial score (nSPS) is 10.0. The summed E-state index contributed by atoms with van der Waals surface area (Å²) in [6.45, 7) is 2.87. The van der Waals surface area contributed by atoms with Gasteiger partial charge in [-0.15, -0.1) is 0 Å². The van der Waals surface area contributed by atoms with Gasteiger partial charge in [-0.2, -0.15) is 0 Å². The molecule has 0 atom stereocenters. The van der Waals surface area contributed by atoms with Crippen LogP contribution >= 0.6 is 0 Å². The second-order valence-electron chi connectivity index (χ2n) is 3.44. The molecule has 0 saturated heterocycles. The van der Waals surface area contributed by atoms with Crippen LogP contribution in [0, 0.1) is 24.0 Å². The number of carbonyl (C=O) groups excluding carboxylic acids is 1. The van der Waals surface area contributed by atoms with E-state index in [1.165, 1.54) is 6.07 Å². The number of hydrogen-bond donors (Lipinski definition) is 1. The second kappa shape index (κ2) is 4.08. The van der Waals surface area contributed by atoms with Crippen molar-refractivity contribution in [3.8, 4) is 0 Å². The number of rotatable bonds is 3. The van der Waals surface area contributed by atoms with Crippen LogP contribution in [0.2, 0.25) is 0 Å². The molecular weight excluding hydrogens is 196 g/mol. The summed E-state index contributed by atoms with van der Waals surface area (Å²) in [7, 11) is 0. The summed E-state index contributed by atoms with van der Waals surface area (Å²) in [5.41, 5.74) is 8.03. The van der Waals surface area contributed by atoms with E-state index in [1.807, 2.05) is 6.92 Å². The molecule has 80 valence electrons. The van der Waals surface area contributed by atoms with Crippen LogP contribution in [0.4, 0.5) is 5.69 Å². The molecule has 0 heterocycles. The zero-order valence-corrected chi connectivity index (χ0v) is 8.61. The first-order valence-electron chi connectivity index (χ1n) is 4.43. The van der Waals surface area contributed by atoms with Crippen molar-refractivity contribution < 1.29 is 9.72 Å². The monoisotopic (exact) mass is 208 g/mol. The van der Waals surface area contributed by atoms with Gasteiger partial charge in [0, 0.05) is 16.2 Å². The van der Waals surface area contributed by atoms with Gasteiger partial charge in [0.05, 0.1) is 0 Å². The van der Waals surface area contributed by atoms with Crippen LogP contribution in [0.1, 0.15) is 21.5 Å². The van der Waals surface area contributed by atoms with E-state index in [9.17, 15) is 14.9 Å². The number of aryl methyl sites for hydroxylation is 2. The van der Waals surface area contributed by atoms with Crippen molar-refractivity contribution in [2.24, 2.45) is 0 Å². The van der Waals surface area contributed by atoms with Gasteiger partial charge in [-0.05, 0) is 31.0 Å². The summed E-state index contributed by atoms with van der Waals surface area (Å²) in [6.07, 6.45) is 0. The molecule has 1 aromatic carbocycles. The van der Waals surface area contributed by atoms with E-state index in [2.05, 4.69) is 0 Å². The standard InChI is InChI=1S/C10H12N2O3/c1-6-3-7(2)9(11)4-8(6)10(13)5-12(14)15/h3-4H,5,11H2,1-2H3. The van der Waals surface area contributed by atoms with Crippen LogP contribution in [0.25, 0.3) is 0 Å². The highest BCUT2D eigenvalue weighted by atomic mass is 16.6. The van der Waals surface area contributed by atoms with Gasteiger partial charge in [-0.3, -0.25) is 14.9 Å². The van der Waals surface area contributed by atoms with Gasteiger partial charge < -0.3 is 5.73 Å². The Morgan fingerprint density at radius 3 is 2.53 bits per heavy atom. The zero-order chi connectivity index (χ0) is 11.6. The maximum atomic E-state index is 11.4. The highest BCUT2D eigenvalue weighted by Gasteiger charge is 2.15. The Balaban J connectivity index is 3.09. The molecule has 0 radical (unpaired) electrons. The average molecular weight is 208 g/mol. The highest BCUT2D eigenvalue weighted by molar-refractivity contribution is 5.99. The SMILES string of the molecule is Cc1cc(C)c(C(=O)C[N+](=O)[O-])cc1N. The third-order valence-electron chi connectivity index (χ3n) is 2.19. The predicted octanol–water partition coefficient (Wildman–Crippen LogP) is 1.35. The second-order valence-corrected chi connectivity index (χ2v) is 3.44. The minimum Gasteiger partial charge on any atom is -0.398 e. The van der Waals surface area contributed by atoms with Gasteiger partial charge in [-0.25, -0.2) is 0 Å². The third kappa shape index (κ3) is 2.52. The smallest absolute Gasteiger partial charge is 0.265 e. The lowest BCUT2D eigenvalue weighted by atomic mass is 10.0. The highest BCUT2D eigenvalue weighted by Crippen LogP contribution is 2.18. The van der Waals surface area contributed by atoms with Crippen molar-refractivity contribution >= 4 is 11.5 Å². The molecule has 0 unspecified atom stereocenters. The molecular formula is C10H12N2O3. The summed E-state index contributed by atoms with van der Waals surface area (Å²) >= 11 is 0. The minimum absolute atomic E-state index is 0.329. The zero-order valence-electron chi connectivity index (χ0n) is 8.61. The Morgan fingerprint density at radius 1 is 1.40 bits per heavy atom. The maximum absolute atomic E-state index is 11.4. The lowest BCUT2D eigenvalue weighted by Gasteiger charge is -2.06.